The van der Waals surface area contributed by atoms with Gasteiger partial charge in [-0.3, -0.25) is 14.4 Å². The van der Waals surface area contributed by atoms with Gasteiger partial charge in [-0.2, -0.15) is 0 Å². The number of methoxy groups -OCH3 is 2. The molecule has 0 atom stereocenters. The van der Waals surface area contributed by atoms with Crippen molar-refractivity contribution in [2.45, 2.75) is 39.7 Å². The Morgan fingerprint density at radius 1 is 1.00 bits per heavy atom. The first-order chi connectivity index (χ1) is 18.2. The molecule has 38 heavy (non-hydrogen) atoms. The van der Waals surface area contributed by atoms with Crippen LogP contribution < -0.4 is 20.1 Å². The van der Waals surface area contributed by atoms with Crippen LogP contribution in [0.25, 0.3) is 0 Å². The SMILES string of the molecule is COc1ccc(CCNC(=O)Cc2csc(NC(=O)CN(C(=O)c3ccc(C)cc3)C(C)C)n2)cc1OC. The number of benzene rings is 2. The molecule has 10 heteroatoms. The molecule has 0 fully saturated rings. The van der Waals surface area contributed by atoms with Gasteiger partial charge in [0.05, 0.1) is 26.3 Å². The maximum absolute atomic E-state index is 12.9. The highest BCUT2D eigenvalue weighted by Gasteiger charge is 2.22. The van der Waals surface area contributed by atoms with Gasteiger partial charge in [-0.25, -0.2) is 4.98 Å². The van der Waals surface area contributed by atoms with E-state index in [1.165, 1.54) is 16.2 Å². The molecule has 0 radical (unpaired) electrons. The van der Waals surface area contributed by atoms with Crippen LogP contribution in [0.2, 0.25) is 0 Å². The molecule has 0 saturated carbocycles. The highest BCUT2D eigenvalue weighted by Crippen LogP contribution is 2.27. The number of nitrogens with one attached hydrogen (secondary N) is 2. The monoisotopic (exact) mass is 538 g/mol. The Morgan fingerprint density at radius 2 is 1.71 bits per heavy atom. The standard InChI is InChI=1S/C28H34N4O5S/c1-18(2)32(27(35)21-9-6-19(3)7-10-21)16-26(34)31-28-30-22(17-38-28)15-25(33)29-13-12-20-8-11-23(36-4)24(14-20)37-5/h6-11,14,17-18H,12-13,15-16H2,1-5H3,(H,29,33)(H,30,31,34). The number of carbonyl (C=O) groups excluding carboxylic acids is 3. The summed E-state index contributed by atoms with van der Waals surface area (Å²) < 4.78 is 10.6. The summed E-state index contributed by atoms with van der Waals surface area (Å²) in [7, 11) is 3.17. The van der Waals surface area contributed by atoms with E-state index in [2.05, 4.69) is 15.6 Å². The van der Waals surface area contributed by atoms with Crippen LogP contribution in [0, 0.1) is 6.92 Å². The second-order valence-electron chi connectivity index (χ2n) is 9.05. The van der Waals surface area contributed by atoms with E-state index in [1.54, 1.807) is 31.7 Å². The number of amides is 3. The summed E-state index contributed by atoms with van der Waals surface area (Å²) in [6.45, 7) is 6.04. The maximum Gasteiger partial charge on any atom is 0.254 e. The van der Waals surface area contributed by atoms with E-state index >= 15 is 0 Å². The van der Waals surface area contributed by atoms with Crippen molar-refractivity contribution in [3.63, 3.8) is 0 Å². The molecule has 0 aliphatic heterocycles. The lowest BCUT2D eigenvalue weighted by molar-refractivity contribution is -0.120. The van der Waals surface area contributed by atoms with Crippen LogP contribution in [0.4, 0.5) is 5.13 Å². The van der Waals surface area contributed by atoms with Gasteiger partial charge in [-0.1, -0.05) is 23.8 Å². The van der Waals surface area contributed by atoms with Crippen molar-refractivity contribution >= 4 is 34.2 Å². The summed E-state index contributed by atoms with van der Waals surface area (Å²) in [5.41, 5.74) is 3.16. The lowest BCUT2D eigenvalue weighted by Crippen LogP contribution is -2.42. The second-order valence-corrected chi connectivity index (χ2v) is 9.91. The number of nitrogens with zero attached hydrogens (tertiary/aromatic N) is 2. The molecule has 3 amide bonds. The van der Waals surface area contributed by atoms with Gasteiger partial charge in [0.1, 0.15) is 6.54 Å². The van der Waals surface area contributed by atoms with E-state index in [-0.39, 0.29) is 36.7 Å². The molecule has 0 aliphatic rings. The average Bonchev–Trinajstić information content (AvgIpc) is 3.33. The fourth-order valence-electron chi connectivity index (χ4n) is 3.72. The smallest absolute Gasteiger partial charge is 0.254 e. The maximum atomic E-state index is 12.9. The quantitative estimate of drug-likeness (QED) is 0.362. The largest absolute Gasteiger partial charge is 0.493 e. The van der Waals surface area contributed by atoms with Gasteiger partial charge >= 0.3 is 0 Å². The number of thiazole rings is 1. The Labute approximate surface area is 227 Å². The normalized spacial score (nSPS) is 10.7. The van der Waals surface area contributed by atoms with Gasteiger partial charge in [0.2, 0.25) is 11.8 Å². The van der Waals surface area contributed by atoms with Crippen LogP contribution >= 0.6 is 11.3 Å². The summed E-state index contributed by atoms with van der Waals surface area (Å²) in [6.07, 6.45) is 0.737. The number of carbonyl (C=O) groups is 3. The molecule has 202 valence electrons. The zero-order valence-corrected chi connectivity index (χ0v) is 23.2. The van der Waals surface area contributed by atoms with Crippen molar-refractivity contribution in [1.82, 2.24) is 15.2 Å². The summed E-state index contributed by atoms with van der Waals surface area (Å²) in [5.74, 6) is 0.577. The lowest BCUT2D eigenvalue weighted by Gasteiger charge is -2.26. The third-order valence-electron chi connectivity index (χ3n) is 5.82. The first-order valence-electron chi connectivity index (χ1n) is 12.3. The topological polar surface area (TPSA) is 110 Å². The molecule has 2 N–H and O–H groups in total. The van der Waals surface area contributed by atoms with Crippen LogP contribution in [0.15, 0.2) is 47.8 Å². The molecule has 0 saturated heterocycles. The molecular weight excluding hydrogens is 504 g/mol. The lowest BCUT2D eigenvalue weighted by atomic mass is 10.1. The van der Waals surface area contributed by atoms with E-state index in [0.717, 1.165) is 11.1 Å². The van der Waals surface area contributed by atoms with Crippen LogP contribution in [0.3, 0.4) is 0 Å². The van der Waals surface area contributed by atoms with Gasteiger partial charge in [0, 0.05) is 23.5 Å². The zero-order chi connectivity index (χ0) is 27.7. The van der Waals surface area contributed by atoms with E-state index in [4.69, 9.17) is 9.47 Å². The van der Waals surface area contributed by atoms with Crippen LogP contribution in [-0.2, 0) is 22.4 Å². The molecule has 0 aliphatic carbocycles. The van der Waals surface area contributed by atoms with Crippen molar-refractivity contribution in [2.75, 3.05) is 32.6 Å². The Morgan fingerprint density at radius 3 is 2.37 bits per heavy atom. The fraction of sp³-hybridized carbons (Fsp3) is 0.357. The second kappa shape index (κ2) is 13.6. The number of aromatic nitrogens is 1. The number of anilines is 1. The predicted octanol–water partition coefficient (Wildman–Crippen LogP) is 3.86. The summed E-state index contributed by atoms with van der Waals surface area (Å²) >= 11 is 1.24. The van der Waals surface area contributed by atoms with Crippen LogP contribution in [0.5, 0.6) is 11.5 Å². The van der Waals surface area contributed by atoms with E-state index in [0.29, 0.717) is 40.9 Å². The molecule has 3 aromatic rings. The Kier molecular flexibility index (Phi) is 10.2. The molecular formula is C28H34N4O5S. The van der Waals surface area contributed by atoms with Crippen molar-refractivity contribution < 1.29 is 23.9 Å². The minimum Gasteiger partial charge on any atom is -0.493 e. The average molecular weight is 539 g/mol. The van der Waals surface area contributed by atoms with Gasteiger partial charge in [0.25, 0.3) is 5.91 Å². The van der Waals surface area contributed by atoms with Crippen molar-refractivity contribution in [1.29, 1.82) is 0 Å². The first-order valence-corrected chi connectivity index (χ1v) is 13.2. The molecule has 9 nitrogen and oxygen atoms in total. The van der Waals surface area contributed by atoms with Gasteiger partial charge in [0.15, 0.2) is 16.6 Å². The molecule has 1 aromatic heterocycles. The predicted molar refractivity (Wildman–Crippen MR) is 148 cm³/mol. The highest BCUT2D eigenvalue weighted by atomic mass is 32.1. The third kappa shape index (κ3) is 8.04. The highest BCUT2D eigenvalue weighted by molar-refractivity contribution is 7.13. The van der Waals surface area contributed by atoms with Crippen molar-refractivity contribution in [3.05, 3.63) is 70.2 Å². The molecule has 2 aromatic carbocycles. The Bertz CT molecular complexity index is 1260. The van der Waals surface area contributed by atoms with Gasteiger partial charge in [-0.05, 0) is 57.0 Å². The Hall–Kier alpha value is -3.92. The van der Waals surface area contributed by atoms with Gasteiger partial charge in [-0.15, -0.1) is 11.3 Å². The summed E-state index contributed by atoms with van der Waals surface area (Å²) in [4.78, 5) is 43.9. The minimum atomic E-state index is -0.348. The van der Waals surface area contributed by atoms with Crippen LogP contribution in [0.1, 0.15) is 41.0 Å². The van der Waals surface area contributed by atoms with E-state index in [1.807, 2.05) is 51.1 Å². The molecule has 0 spiro atoms. The molecule has 0 unspecified atom stereocenters. The number of ether oxygens (including phenoxy) is 2. The zero-order valence-electron chi connectivity index (χ0n) is 22.4. The number of aryl methyl sites for hydroxylation is 1. The fourth-order valence-corrected chi connectivity index (χ4v) is 4.45. The summed E-state index contributed by atoms with van der Waals surface area (Å²) in [6, 6.07) is 12.7. The first kappa shape index (κ1) is 28.6. The van der Waals surface area contributed by atoms with Gasteiger partial charge < -0.3 is 25.0 Å². The van der Waals surface area contributed by atoms with E-state index in [9.17, 15) is 14.4 Å². The van der Waals surface area contributed by atoms with Crippen molar-refractivity contribution in [2.24, 2.45) is 0 Å². The molecule has 1 heterocycles. The molecule has 0 bridgehead atoms. The van der Waals surface area contributed by atoms with Crippen molar-refractivity contribution in [3.8, 4) is 11.5 Å². The van der Waals surface area contributed by atoms with Crippen LogP contribution in [-0.4, -0.2) is 61.0 Å². The number of rotatable bonds is 12. The van der Waals surface area contributed by atoms with E-state index < -0.39 is 0 Å². The number of hydrogen-bond acceptors (Lipinski definition) is 7. The number of hydrogen-bond donors (Lipinski definition) is 2. The third-order valence-corrected chi connectivity index (χ3v) is 6.63. The molecule has 3 rings (SSSR count). The minimum absolute atomic E-state index is 0.0995. The summed E-state index contributed by atoms with van der Waals surface area (Å²) in [5, 5.41) is 7.75. The Balaban J connectivity index is 1.48.